The van der Waals surface area contributed by atoms with Crippen LogP contribution in [0.15, 0.2) is 0 Å². The molecule has 0 bridgehead atoms. The van der Waals surface area contributed by atoms with Crippen LogP contribution >= 0.6 is 0 Å². The lowest BCUT2D eigenvalue weighted by molar-refractivity contribution is 0.189. The van der Waals surface area contributed by atoms with Crippen LogP contribution in [0.1, 0.15) is 40.0 Å². The van der Waals surface area contributed by atoms with E-state index in [4.69, 9.17) is 5.73 Å². The van der Waals surface area contributed by atoms with Crippen molar-refractivity contribution in [1.82, 2.24) is 10.6 Å². The summed E-state index contributed by atoms with van der Waals surface area (Å²) in [7, 11) is 0. The van der Waals surface area contributed by atoms with E-state index in [1.54, 1.807) is 0 Å². The lowest BCUT2D eigenvalue weighted by Gasteiger charge is -2.26. The zero-order valence-electron chi connectivity index (χ0n) is 8.06. The molecule has 0 saturated carbocycles. The Balaban J connectivity index is 3.66. The normalized spacial score (nSPS) is 13.9. The van der Waals surface area contributed by atoms with E-state index in [-0.39, 0.29) is 6.17 Å². The van der Waals surface area contributed by atoms with Crippen LogP contribution in [0.4, 0.5) is 0 Å². The van der Waals surface area contributed by atoms with Crippen molar-refractivity contribution in [2.45, 2.75) is 46.2 Å². The molecule has 1 unspecified atom stereocenters. The van der Waals surface area contributed by atoms with Crippen molar-refractivity contribution in [3.05, 3.63) is 0 Å². The minimum Gasteiger partial charge on any atom is -0.287 e. The zero-order chi connectivity index (χ0) is 8.69. The average molecular weight is 157 g/mol. The molecule has 0 aromatic heterocycles. The molecule has 0 aliphatic heterocycles. The lowest BCUT2D eigenvalue weighted by atomic mass is 10.3. The first-order chi connectivity index (χ1) is 5.26. The Morgan fingerprint density at radius 3 is 1.82 bits per heavy atom. The molecule has 0 aromatic rings. The molecule has 0 rings (SSSR count). The number of hydrogen-bond acceptors (Lipinski definition) is 1. The summed E-state index contributed by atoms with van der Waals surface area (Å²) in [5, 5.41) is 0. The second kappa shape index (κ2) is 6.62. The minimum atomic E-state index is 0.0231. The van der Waals surface area contributed by atoms with Gasteiger partial charge in [-0.25, -0.2) is 5.73 Å². The fourth-order valence-corrected chi connectivity index (χ4v) is 1.26. The molecule has 2 nitrogen and oxygen atoms in total. The van der Waals surface area contributed by atoms with Gasteiger partial charge in [-0.2, -0.15) is 0 Å². The van der Waals surface area contributed by atoms with Gasteiger partial charge in [0, 0.05) is 0 Å². The van der Waals surface area contributed by atoms with E-state index in [2.05, 4.69) is 25.7 Å². The molecular weight excluding hydrogens is 136 g/mol. The van der Waals surface area contributed by atoms with Crippen LogP contribution in [0.25, 0.3) is 0 Å². The Morgan fingerprint density at radius 1 is 1.09 bits per heavy atom. The Morgan fingerprint density at radius 2 is 1.55 bits per heavy atom. The fourth-order valence-electron chi connectivity index (χ4n) is 1.26. The highest BCUT2D eigenvalue weighted by atomic mass is 15.2. The quantitative estimate of drug-likeness (QED) is 0.580. The molecule has 2 heteroatoms. The second-order valence-electron chi connectivity index (χ2n) is 2.96. The van der Waals surface area contributed by atoms with Gasteiger partial charge in [-0.05, 0) is 32.4 Å². The van der Waals surface area contributed by atoms with Gasteiger partial charge in [0.25, 0.3) is 0 Å². The van der Waals surface area contributed by atoms with Crippen LogP contribution < -0.4 is 5.73 Å². The first-order valence-electron chi connectivity index (χ1n) is 4.71. The van der Waals surface area contributed by atoms with Crippen LogP contribution in [0.2, 0.25) is 0 Å². The molecule has 0 amide bonds. The van der Waals surface area contributed by atoms with Crippen molar-refractivity contribution < 1.29 is 0 Å². The van der Waals surface area contributed by atoms with Crippen molar-refractivity contribution in [3.63, 3.8) is 0 Å². The van der Waals surface area contributed by atoms with Crippen LogP contribution in [0, 0.1) is 0 Å². The zero-order valence-corrected chi connectivity index (χ0v) is 8.06. The van der Waals surface area contributed by atoms with Crippen molar-refractivity contribution in [2.24, 2.45) is 0 Å². The smallest absolute Gasteiger partial charge is 0.0726 e. The summed E-state index contributed by atoms with van der Waals surface area (Å²) >= 11 is 0. The summed E-state index contributed by atoms with van der Waals surface area (Å²) in [6, 6.07) is 0. The van der Waals surface area contributed by atoms with Gasteiger partial charge in [-0.3, -0.25) is 4.90 Å². The second-order valence-corrected chi connectivity index (χ2v) is 2.96. The van der Waals surface area contributed by atoms with E-state index in [1.165, 1.54) is 0 Å². The van der Waals surface area contributed by atoms with E-state index in [0.29, 0.717) is 0 Å². The highest BCUT2D eigenvalue weighted by Gasteiger charge is 2.09. The third kappa shape index (κ3) is 4.38. The fraction of sp³-hybridized carbons (Fsp3) is 1.00. The molecule has 0 spiro atoms. The molecule has 0 aliphatic rings. The van der Waals surface area contributed by atoms with Gasteiger partial charge < -0.3 is 0 Å². The van der Waals surface area contributed by atoms with Crippen molar-refractivity contribution in [2.75, 3.05) is 13.1 Å². The first kappa shape index (κ1) is 10.9. The summed E-state index contributed by atoms with van der Waals surface area (Å²) in [5.74, 6) is 0. The molecule has 0 aliphatic carbocycles. The third-order valence-electron chi connectivity index (χ3n) is 1.85. The van der Waals surface area contributed by atoms with Crippen molar-refractivity contribution >= 4 is 0 Å². The standard InChI is InChI=1S/C9H21N2/c1-4-7-11(8-5-2)9(10)6-3/h9-10H,4-8H2,1-3H3. The van der Waals surface area contributed by atoms with E-state index in [9.17, 15) is 0 Å². The first-order valence-corrected chi connectivity index (χ1v) is 4.71. The van der Waals surface area contributed by atoms with Crippen LogP contribution in [0.3, 0.4) is 0 Å². The molecule has 0 fully saturated rings. The Bertz CT molecular complexity index is 77.6. The molecule has 0 aromatic carbocycles. The molecule has 0 heterocycles. The Kier molecular flexibility index (Phi) is 6.57. The summed E-state index contributed by atoms with van der Waals surface area (Å²) in [5.41, 5.74) is 7.71. The lowest BCUT2D eigenvalue weighted by Crippen LogP contribution is -2.37. The molecule has 1 radical (unpaired) electrons. The SMILES string of the molecule is CCCN(CCC)C([NH])CC. The highest BCUT2D eigenvalue weighted by Crippen LogP contribution is 2.01. The molecule has 11 heavy (non-hydrogen) atoms. The van der Waals surface area contributed by atoms with Crippen LogP contribution in [0.5, 0.6) is 0 Å². The van der Waals surface area contributed by atoms with Crippen LogP contribution in [-0.4, -0.2) is 24.2 Å². The Hall–Kier alpha value is -0.0800. The summed E-state index contributed by atoms with van der Waals surface area (Å²) < 4.78 is 0. The van der Waals surface area contributed by atoms with Gasteiger partial charge in [0.15, 0.2) is 0 Å². The minimum absolute atomic E-state index is 0.0231. The van der Waals surface area contributed by atoms with Gasteiger partial charge in [0.1, 0.15) is 0 Å². The van der Waals surface area contributed by atoms with Gasteiger partial charge in [0.05, 0.1) is 6.17 Å². The topological polar surface area (TPSA) is 27.0 Å². The molecule has 0 saturated heterocycles. The molecule has 1 N–H and O–H groups in total. The molecule has 1 atom stereocenters. The number of hydrogen-bond donors (Lipinski definition) is 0. The summed E-state index contributed by atoms with van der Waals surface area (Å²) in [4.78, 5) is 2.25. The van der Waals surface area contributed by atoms with Gasteiger partial charge in [0.2, 0.25) is 0 Å². The van der Waals surface area contributed by atoms with Crippen molar-refractivity contribution in [1.29, 1.82) is 0 Å². The Labute approximate surface area is 70.8 Å². The van der Waals surface area contributed by atoms with Gasteiger partial charge in [-0.1, -0.05) is 20.8 Å². The number of nitrogens with one attached hydrogen (secondary N) is 1. The molecule has 67 valence electrons. The van der Waals surface area contributed by atoms with E-state index in [0.717, 1.165) is 32.4 Å². The highest BCUT2D eigenvalue weighted by molar-refractivity contribution is 4.61. The maximum Gasteiger partial charge on any atom is 0.0726 e. The predicted octanol–water partition coefficient (Wildman–Crippen LogP) is 2.13. The van der Waals surface area contributed by atoms with Gasteiger partial charge >= 0.3 is 0 Å². The maximum atomic E-state index is 7.71. The van der Waals surface area contributed by atoms with E-state index >= 15 is 0 Å². The maximum absolute atomic E-state index is 7.71. The average Bonchev–Trinajstić information content (AvgIpc) is 2.03. The number of rotatable bonds is 6. The largest absolute Gasteiger partial charge is 0.287 e. The monoisotopic (exact) mass is 157 g/mol. The van der Waals surface area contributed by atoms with E-state index in [1.807, 2.05) is 0 Å². The van der Waals surface area contributed by atoms with Crippen molar-refractivity contribution in [3.8, 4) is 0 Å². The van der Waals surface area contributed by atoms with E-state index < -0.39 is 0 Å². The van der Waals surface area contributed by atoms with Crippen LogP contribution in [-0.2, 0) is 0 Å². The summed E-state index contributed by atoms with van der Waals surface area (Å²) in [6.07, 6.45) is 3.29. The van der Waals surface area contributed by atoms with Gasteiger partial charge in [-0.15, -0.1) is 0 Å². The third-order valence-corrected chi connectivity index (χ3v) is 1.85. The predicted molar refractivity (Wildman–Crippen MR) is 49.3 cm³/mol. The summed E-state index contributed by atoms with van der Waals surface area (Å²) in [6.45, 7) is 8.58. The molecular formula is C9H21N2. The number of nitrogens with zero attached hydrogens (tertiary/aromatic N) is 1.